The van der Waals surface area contributed by atoms with E-state index in [1.165, 1.54) is 22.9 Å². The van der Waals surface area contributed by atoms with Crippen LogP contribution in [0.3, 0.4) is 0 Å². The van der Waals surface area contributed by atoms with Gasteiger partial charge in [0.2, 0.25) is 5.91 Å². The Morgan fingerprint density at radius 3 is 2.73 bits per heavy atom. The van der Waals surface area contributed by atoms with Gasteiger partial charge in [-0.3, -0.25) is 9.59 Å². The second-order valence-electron chi connectivity index (χ2n) is 6.38. The third kappa shape index (κ3) is 3.37. The number of aryl methyl sites for hydroxylation is 2. The van der Waals surface area contributed by atoms with E-state index >= 15 is 0 Å². The standard InChI is InChI=1S/C20H17NO4S/c22-17(14-5-4-12-2-1-3-13(12)8-14)10-25-20(24)15-6-7-18-16(9-15)21-19(23)11-26-18/h4-9H,1-3,10-11H2,(H,21,23). The number of rotatable bonds is 4. The Labute approximate surface area is 155 Å². The minimum Gasteiger partial charge on any atom is -0.454 e. The summed E-state index contributed by atoms with van der Waals surface area (Å²) in [6, 6.07) is 10.7. The van der Waals surface area contributed by atoms with Gasteiger partial charge in [-0.2, -0.15) is 0 Å². The van der Waals surface area contributed by atoms with Crippen LogP contribution in [-0.2, 0) is 22.4 Å². The Morgan fingerprint density at radius 1 is 1.04 bits per heavy atom. The fourth-order valence-corrected chi connectivity index (χ4v) is 4.04. The maximum absolute atomic E-state index is 12.3. The lowest BCUT2D eigenvalue weighted by atomic mass is 10.0. The van der Waals surface area contributed by atoms with E-state index in [2.05, 4.69) is 5.32 Å². The number of carbonyl (C=O) groups is 3. The molecule has 6 heteroatoms. The highest BCUT2D eigenvalue weighted by Gasteiger charge is 2.19. The minimum absolute atomic E-state index is 0.0974. The van der Waals surface area contributed by atoms with Gasteiger partial charge in [0.1, 0.15) is 0 Å². The molecule has 1 heterocycles. The number of hydrogen-bond donors (Lipinski definition) is 1. The molecule has 0 atom stereocenters. The van der Waals surface area contributed by atoms with E-state index < -0.39 is 5.97 Å². The van der Waals surface area contributed by atoms with Gasteiger partial charge in [-0.1, -0.05) is 12.1 Å². The number of Topliss-reactive ketones (excluding diaryl/α,β-unsaturated/α-hetero) is 1. The van der Waals surface area contributed by atoms with E-state index in [0.29, 0.717) is 22.6 Å². The quantitative estimate of drug-likeness (QED) is 0.663. The SMILES string of the molecule is O=C1CSc2ccc(C(=O)OCC(=O)c3ccc4c(c3)CCC4)cc2N1. The number of esters is 1. The second kappa shape index (κ2) is 6.96. The summed E-state index contributed by atoms with van der Waals surface area (Å²) in [6.45, 7) is -0.296. The first-order valence-corrected chi connectivity index (χ1v) is 9.47. The van der Waals surface area contributed by atoms with Crippen LogP contribution in [0.5, 0.6) is 0 Å². The van der Waals surface area contributed by atoms with Gasteiger partial charge < -0.3 is 10.1 Å². The van der Waals surface area contributed by atoms with Gasteiger partial charge in [0.25, 0.3) is 0 Å². The van der Waals surface area contributed by atoms with Crippen molar-refractivity contribution in [2.75, 3.05) is 17.7 Å². The van der Waals surface area contributed by atoms with E-state index in [9.17, 15) is 14.4 Å². The zero-order chi connectivity index (χ0) is 18.1. The number of benzene rings is 2. The highest BCUT2D eigenvalue weighted by molar-refractivity contribution is 8.00. The van der Waals surface area contributed by atoms with Crippen LogP contribution < -0.4 is 5.32 Å². The van der Waals surface area contributed by atoms with E-state index in [-0.39, 0.29) is 18.3 Å². The van der Waals surface area contributed by atoms with E-state index in [4.69, 9.17) is 4.74 Å². The van der Waals surface area contributed by atoms with Crippen LogP contribution in [0.25, 0.3) is 0 Å². The number of amides is 1. The van der Waals surface area contributed by atoms with Gasteiger partial charge in [-0.25, -0.2) is 4.79 Å². The van der Waals surface area contributed by atoms with Crippen molar-refractivity contribution in [3.8, 4) is 0 Å². The molecule has 4 rings (SSSR count). The molecule has 2 aliphatic rings. The maximum Gasteiger partial charge on any atom is 0.338 e. The van der Waals surface area contributed by atoms with Crippen LogP contribution >= 0.6 is 11.8 Å². The van der Waals surface area contributed by atoms with Gasteiger partial charge >= 0.3 is 5.97 Å². The van der Waals surface area contributed by atoms with Gasteiger partial charge in [0.15, 0.2) is 12.4 Å². The molecule has 26 heavy (non-hydrogen) atoms. The van der Waals surface area contributed by atoms with Gasteiger partial charge in [-0.15, -0.1) is 11.8 Å². The number of ketones is 1. The highest BCUT2D eigenvalue weighted by atomic mass is 32.2. The summed E-state index contributed by atoms with van der Waals surface area (Å²) in [5.74, 6) is -0.520. The number of fused-ring (bicyclic) bond motifs is 2. The molecule has 0 unspecified atom stereocenters. The Hall–Kier alpha value is -2.60. The van der Waals surface area contributed by atoms with Gasteiger partial charge in [-0.05, 0) is 54.7 Å². The molecular weight excluding hydrogens is 350 g/mol. The number of nitrogens with one attached hydrogen (secondary N) is 1. The minimum atomic E-state index is -0.577. The first kappa shape index (κ1) is 16.8. The molecule has 1 aliphatic heterocycles. The molecule has 2 aromatic rings. The molecule has 0 spiro atoms. The number of thioether (sulfide) groups is 1. The summed E-state index contributed by atoms with van der Waals surface area (Å²) < 4.78 is 5.17. The molecule has 2 aromatic carbocycles. The maximum atomic E-state index is 12.3. The van der Waals surface area contributed by atoms with Crippen molar-refractivity contribution >= 4 is 35.1 Å². The van der Waals surface area contributed by atoms with Crippen LogP contribution in [0.1, 0.15) is 38.3 Å². The fourth-order valence-electron chi connectivity index (χ4n) is 3.25. The van der Waals surface area contributed by atoms with Crippen molar-refractivity contribution in [1.82, 2.24) is 0 Å². The van der Waals surface area contributed by atoms with Crippen LogP contribution in [-0.4, -0.2) is 30.0 Å². The van der Waals surface area contributed by atoms with Crippen molar-refractivity contribution in [3.63, 3.8) is 0 Å². The monoisotopic (exact) mass is 367 g/mol. The number of ether oxygens (including phenoxy) is 1. The summed E-state index contributed by atoms with van der Waals surface area (Å²) in [4.78, 5) is 36.9. The van der Waals surface area contributed by atoms with Gasteiger partial charge in [0.05, 0.1) is 17.0 Å². The van der Waals surface area contributed by atoms with E-state index in [1.807, 2.05) is 12.1 Å². The molecule has 0 saturated carbocycles. The summed E-state index contributed by atoms with van der Waals surface area (Å²) >= 11 is 1.42. The zero-order valence-corrected chi connectivity index (χ0v) is 14.9. The molecular formula is C20H17NO4S. The topological polar surface area (TPSA) is 72.5 Å². The Morgan fingerprint density at radius 2 is 1.85 bits per heavy atom. The molecule has 5 nitrogen and oxygen atoms in total. The third-order valence-electron chi connectivity index (χ3n) is 4.60. The normalized spacial score (nSPS) is 15.0. The first-order chi connectivity index (χ1) is 12.6. The lowest BCUT2D eigenvalue weighted by molar-refractivity contribution is -0.113. The molecule has 0 aromatic heterocycles. The van der Waals surface area contributed by atoms with Crippen molar-refractivity contribution in [2.45, 2.75) is 24.2 Å². The predicted octanol–water partition coefficient (Wildman–Crippen LogP) is 3.26. The Bertz CT molecular complexity index is 922. The predicted molar refractivity (Wildman–Crippen MR) is 98.9 cm³/mol. The fraction of sp³-hybridized carbons (Fsp3) is 0.250. The molecule has 0 radical (unpaired) electrons. The summed E-state index contributed by atoms with van der Waals surface area (Å²) in [5, 5.41) is 2.74. The summed E-state index contributed by atoms with van der Waals surface area (Å²) in [7, 11) is 0. The van der Waals surface area contributed by atoms with Crippen molar-refractivity contribution in [2.24, 2.45) is 0 Å². The largest absolute Gasteiger partial charge is 0.454 e. The number of carbonyl (C=O) groups excluding carboxylic acids is 3. The van der Waals surface area contributed by atoms with Crippen LogP contribution in [0.2, 0.25) is 0 Å². The lowest BCUT2D eigenvalue weighted by Crippen LogP contribution is -2.19. The number of anilines is 1. The zero-order valence-electron chi connectivity index (χ0n) is 14.0. The molecule has 0 fully saturated rings. The van der Waals surface area contributed by atoms with Crippen molar-refractivity contribution < 1.29 is 19.1 Å². The lowest BCUT2D eigenvalue weighted by Gasteiger charge is -2.16. The molecule has 0 bridgehead atoms. The summed E-state index contributed by atoms with van der Waals surface area (Å²) in [6.07, 6.45) is 3.18. The third-order valence-corrected chi connectivity index (χ3v) is 5.68. The van der Waals surface area contributed by atoms with Crippen LogP contribution in [0.15, 0.2) is 41.3 Å². The van der Waals surface area contributed by atoms with Gasteiger partial charge in [0, 0.05) is 10.5 Å². The molecule has 1 amide bonds. The average molecular weight is 367 g/mol. The van der Waals surface area contributed by atoms with Crippen molar-refractivity contribution in [3.05, 3.63) is 58.7 Å². The molecule has 0 saturated heterocycles. The molecule has 132 valence electrons. The van der Waals surface area contributed by atoms with Crippen molar-refractivity contribution in [1.29, 1.82) is 0 Å². The molecule has 1 N–H and O–H groups in total. The smallest absolute Gasteiger partial charge is 0.338 e. The highest BCUT2D eigenvalue weighted by Crippen LogP contribution is 2.32. The molecule has 1 aliphatic carbocycles. The Balaban J connectivity index is 1.41. The first-order valence-electron chi connectivity index (χ1n) is 8.49. The van der Waals surface area contributed by atoms with Crippen LogP contribution in [0.4, 0.5) is 5.69 Å². The second-order valence-corrected chi connectivity index (χ2v) is 7.40. The number of hydrogen-bond acceptors (Lipinski definition) is 5. The Kier molecular flexibility index (Phi) is 4.51. The van der Waals surface area contributed by atoms with Crippen LogP contribution in [0, 0.1) is 0 Å². The van der Waals surface area contributed by atoms with E-state index in [0.717, 1.165) is 24.2 Å². The average Bonchev–Trinajstić information content (AvgIpc) is 3.13. The van der Waals surface area contributed by atoms with E-state index in [1.54, 1.807) is 24.3 Å². The summed E-state index contributed by atoms with van der Waals surface area (Å²) in [5.41, 5.74) is 4.00.